The predicted octanol–water partition coefficient (Wildman–Crippen LogP) is 1.61. The fourth-order valence-electron chi connectivity index (χ4n) is 1.86. The first-order valence-corrected chi connectivity index (χ1v) is 4.50. The molecule has 3 nitrogen and oxygen atoms in total. The van der Waals surface area contributed by atoms with Crippen LogP contribution >= 0.6 is 12.4 Å². The predicted molar refractivity (Wildman–Crippen MR) is 54.3 cm³/mol. The van der Waals surface area contributed by atoms with Gasteiger partial charge in [0.05, 0.1) is 5.92 Å². The van der Waals surface area contributed by atoms with Crippen molar-refractivity contribution >= 4 is 18.4 Å². The standard InChI is InChI=1S/C9H17NO2.ClH/c1-10(2)8-5-3-4-7(6-8)9(11)12;/h7-8H,3-6H2,1-2H3,(H,11,12);1H/t7-,8+;/m0./s1. The van der Waals surface area contributed by atoms with Gasteiger partial charge in [-0.2, -0.15) is 0 Å². The average Bonchev–Trinajstić information content (AvgIpc) is 2.04. The largest absolute Gasteiger partial charge is 0.481 e. The molecule has 0 aromatic heterocycles. The molecule has 1 aliphatic rings. The summed E-state index contributed by atoms with van der Waals surface area (Å²) in [4.78, 5) is 12.8. The smallest absolute Gasteiger partial charge is 0.306 e. The zero-order valence-electron chi connectivity index (χ0n) is 8.19. The van der Waals surface area contributed by atoms with Gasteiger partial charge in [0.25, 0.3) is 0 Å². The van der Waals surface area contributed by atoms with Crippen molar-refractivity contribution in [3.63, 3.8) is 0 Å². The molecule has 78 valence electrons. The number of nitrogens with zero attached hydrogens (tertiary/aromatic N) is 1. The van der Waals surface area contributed by atoms with Crippen molar-refractivity contribution in [3.8, 4) is 0 Å². The number of aliphatic carboxylic acids is 1. The molecule has 0 amide bonds. The maximum absolute atomic E-state index is 10.7. The zero-order valence-corrected chi connectivity index (χ0v) is 9.01. The molecule has 0 heterocycles. The van der Waals surface area contributed by atoms with Crippen molar-refractivity contribution in [2.24, 2.45) is 5.92 Å². The first kappa shape index (κ1) is 12.7. The summed E-state index contributed by atoms with van der Waals surface area (Å²) in [6.07, 6.45) is 3.89. The first-order chi connectivity index (χ1) is 5.61. The van der Waals surface area contributed by atoms with Crippen molar-refractivity contribution < 1.29 is 9.90 Å². The van der Waals surface area contributed by atoms with E-state index < -0.39 is 5.97 Å². The molecule has 0 aromatic carbocycles. The van der Waals surface area contributed by atoms with Crippen LogP contribution in [0.2, 0.25) is 0 Å². The molecule has 1 rings (SSSR count). The quantitative estimate of drug-likeness (QED) is 0.748. The average molecular weight is 208 g/mol. The summed E-state index contributed by atoms with van der Waals surface area (Å²) in [7, 11) is 4.05. The first-order valence-electron chi connectivity index (χ1n) is 4.50. The Balaban J connectivity index is 0.00000144. The molecule has 1 aliphatic carbocycles. The Kier molecular flexibility index (Phi) is 5.33. The summed E-state index contributed by atoms with van der Waals surface area (Å²) in [5.74, 6) is -0.729. The van der Waals surface area contributed by atoms with E-state index >= 15 is 0 Å². The van der Waals surface area contributed by atoms with Gasteiger partial charge >= 0.3 is 5.97 Å². The van der Waals surface area contributed by atoms with Crippen LogP contribution in [-0.2, 0) is 4.79 Å². The molecule has 0 aromatic rings. The molecule has 0 aliphatic heterocycles. The Morgan fingerprint density at radius 2 is 2.00 bits per heavy atom. The fourth-order valence-corrected chi connectivity index (χ4v) is 1.86. The van der Waals surface area contributed by atoms with Crippen LogP contribution in [0.5, 0.6) is 0 Å². The third-order valence-corrected chi connectivity index (χ3v) is 2.73. The highest BCUT2D eigenvalue weighted by molar-refractivity contribution is 5.85. The Labute approximate surface area is 85.5 Å². The van der Waals surface area contributed by atoms with E-state index in [2.05, 4.69) is 4.90 Å². The molecular formula is C9H18ClNO2. The zero-order chi connectivity index (χ0) is 9.14. The van der Waals surface area contributed by atoms with Crippen molar-refractivity contribution in [2.45, 2.75) is 31.7 Å². The molecule has 1 saturated carbocycles. The van der Waals surface area contributed by atoms with E-state index in [0.717, 1.165) is 25.7 Å². The van der Waals surface area contributed by atoms with E-state index in [1.165, 1.54) is 0 Å². The lowest BCUT2D eigenvalue weighted by molar-refractivity contribution is -0.143. The Hall–Kier alpha value is -0.280. The molecule has 0 radical (unpaired) electrons. The van der Waals surface area contributed by atoms with E-state index in [0.29, 0.717) is 6.04 Å². The van der Waals surface area contributed by atoms with Crippen molar-refractivity contribution in [3.05, 3.63) is 0 Å². The van der Waals surface area contributed by atoms with Gasteiger partial charge in [-0.05, 0) is 33.4 Å². The second kappa shape index (κ2) is 5.45. The Morgan fingerprint density at radius 1 is 1.38 bits per heavy atom. The number of carbonyl (C=O) groups is 1. The van der Waals surface area contributed by atoms with Crippen LogP contribution in [0, 0.1) is 5.92 Å². The van der Waals surface area contributed by atoms with Gasteiger partial charge in [-0.1, -0.05) is 6.42 Å². The molecular weight excluding hydrogens is 190 g/mol. The van der Waals surface area contributed by atoms with Crippen molar-refractivity contribution in [2.75, 3.05) is 14.1 Å². The summed E-state index contributed by atoms with van der Waals surface area (Å²) in [5.41, 5.74) is 0. The van der Waals surface area contributed by atoms with Gasteiger partial charge in [-0.3, -0.25) is 4.79 Å². The van der Waals surface area contributed by atoms with Crippen LogP contribution in [-0.4, -0.2) is 36.1 Å². The molecule has 0 spiro atoms. The number of hydrogen-bond acceptors (Lipinski definition) is 2. The molecule has 13 heavy (non-hydrogen) atoms. The lowest BCUT2D eigenvalue weighted by Crippen LogP contribution is -2.35. The van der Waals surface area contributed by atoms with Crippen LogP contribution in [0.25, 0.3) is 0 Å². The van der Waals surface area contributed by atoms with E-state index in [1.54, 1.807) is 0 Å². The maximum Gasteiger partial charge on any atom is 0.306 e. The number of carboxylic acid groups (broad SMARTS) is 1. The van der Waals surface area contributed by atoms with Crippen LogP contribution in [0.15, 0.2) is 0 Å². The summed E-state index contributed by atoms with van der Waals surface area (Å²) < 4.78 is 0. The van der Waals surface area contributed by atoms with E-state index in [9.17, 15) is 4.79 Å². The summed E-state index contributed by atoms with van der Waals surface area (Å²) >= 11 is 0. The second-order valence-corrected chi connectivity index (χ2v) is 3.82. The molecule has 2 atom stereocenters. The highest BCUT2D eigenvalue weighted by atomic mass is 35.5. The molecule has 0 saturated heterocycles. The van der Waals surface area contributed by atoms with Gasteiger partial charge < -0.3 is 10.0 Å². The van der Waals surface area contributed by atoms with Crippen molar-refractivity contribution in [1.29, 1.82) is 0 Å². The Morgan fingerprint density at radius 3 is 2.46 bits per heavy atom. The minimum atomic E-state index is -0.624. The minimum absolute atomic E-state index is 0. The topological polar surface area (TPSA) is 40.5 Å². The van der Waals surface area contributed by atoms with E-state index in [-0.39, 0.29) is 18.3 Å². The van der Waals surface area contributed by atoms with Gasteiger partial charge in [0.1, 0.15) is 0 Å². The van der Waals surface area contributed by atoms with Crippen molar-refractivity contribution in [1.82, 2.24) is 4.90 Å². The Bertz CT molecular complexity index is 173. The lowest BCUT2D eigenvalue weighted by Gasteiger charge is -2.31. The second-order valence-electron chi connectivity index (χ2n) is 3.82. The van der Waals surface area contributed by atoms with Crippen LogP contribution in [0.4, 0.5) is 0 Å². The molecule has 0 bridgehead atoms. The SMILES string of the molecule is CN(C)[C@@H]1CCC[C@H](C(=O)O)C1.Cl. The third-order valence-electron chi connectivity index (χ3n) is 2.73. The molecule has 0 unspecified atom stereocenters. The molecule has 4 heteroatoms. The van der Waals surface area contributed by atoms with Gasteiger partial charge in [0.2, 0.25) is 0 Å². The lowest BCUT2D eigenvalue weighted by atomic mass is 9.85. The number of carboxylic acids is 1. The summed E-state index contributed by atoms with van der Waals surface area (Å²) in [6.45, 7) is 0. The highest BCUT2D eigenvalue weighted by Crippen LogP contribution is 2.26. The summed E-state index contributed by atoms with van der Waals surface area (Å²) in [6, 6.07) is 0.472. The summed E-state index contributed by atoms with van der Waals surface area (Å²) in [5, 5.41) is 8.82. The molecule has 1 fully saturated rings. The van der Waals surface area contributed by atoms with E-state index in [4.69, 9.17) is 5.11 Å². The highest BCUT2D eigenvalue weighted by Gasteiger charge is 2.27. The third kappa shape index (κ3) is 3.53. The number of hydrogen-bond donors (Lipinski definition) is 1. The van der Waals surface area contributed by atoms with Gasteiger partial charge in [0.15, 0.2) is 0 Å². The fraction of sp³-hybridized carbons (Fsp3) is 0.889. The van der Waals surface area contributed by atoms with Gasteiger partial charge in [0, 0.05) is 6.04 Å². The van der Waals surface area contributed by atoms with Crippen LogP contribution < -0.4 is 0 Å². The number of rotatable bonds is 2. The van der Waals surface area contributed by atoms with Gasteiger partial charge in [-0.15, -0.1) is 12.4 Å². The van der Waals surface area contributed by atoms with Gasteiger partial charge in [-0.25, -0.2) is 0 Å². The minimum Gasteiger partial charge on any atom is -0.481 e. The maximum atomic E-state index is 10.7. The normalized spacial score (nSPS) is 28.2. The van der Waals surface area contributed by atoms with Crippen LogP contribution in [0.1, 0.15) is 25.7 Å². The number of halogens is 1. The monoisotopic (exact) mass is 207 g/mol. The molecule has 1 N–H and O–H groups in total. The van der Waals surface area contributed by atoms with Crippen LogP contribution in [0.3, 0.4) is 0 Å². The van der Waals surface area contributed by atoms with E-state index in [1.807, 2.05) is 14.1 Å².